The number of nitrogens with zero attached hydrogens (tertiary/aromatic N) is 1. The van der Waals surface area contributed by atoms with Crippen molar-refractivity contribution < 1.29 is 35.5 Å². The number of hydrazone groups is 1. The van der Waals surface area contributed by atoms with Gasteiger partial charge in [0.1, 0.15) is 12.4 Å². The van der Waals surface area contributed by atoms with Crippen LogP contribution in [0, 0.1) is 10.5 Å². The zero-order valence-electron chi connectivity index (χ0n) is 14.7. The lowest BCUT2D eigenvalue weighted by molar-refractivity contribution is -0.361. The van der Waals surface area contributed by atoms with E-state index in [9.17, 15) is 30.7 Å². The van der Waals surface area contributed by atoms with Crippen LogP contribution in [0.25, 0.3) is 0 Å². The van der Waals surface area contributed by atoms with E-state index in [-0.39, 0.29) is 12.2 Å². The summed E-state index contributed by atoms with van der Waals surface area (Å²) in [7, 11) is 0. The molecular formula is C18H14F7IN2O. The average Bonchev–Trinajstić information content (AvgIpc) is 2.61. The van der Waals surface area contributed by atoms with Gasteiger partial charge in [-0.05, 0) is 58.8 Å². The molecule has 0 amide bonds. The van der Waals surface area contributed by atoms with E-state index >= 15 is 0 Å². The molecule has 0 unspecified atom stereocenters. The fourth-order valence-corrected chi connectivity index (χ4v) is 2.69. The largest absolute Gasteiger partial charge is 0.488 e. The summed E-state index contributed by atoms with van der Waals surface area (Å²) in [6.07, 6.45) is -5.73. The van der Waals surface area contributed by atoms with Crippen molar-refractivity contribution >= 4 is 28.8 Å². The molecule has 2 aromatic carbocycles. The number of rotatable bonds is 7. The highest BCUT2D eigenvalue weighted by Gasteiger charge is 2.73. The third kappa shape index (κ3) is 5.73. The smallest absolute Gasteiger partial charge is 0.462 e. The Hall–Kier alpha value is -2.05. The van der Waals surface area contributed by atoms with E-state index in [1.165, 1.54) is 18.2 Å². The number of aryl methyl sites for hydroxylation is 1. The van der Waals surface area contributed by atoms with E-state index < -0.39 is 18.1 Å². The second kappa shape index (κ2) is 8.76. The fourth-order valence-electron chi connectivity index (χ4n) is 2.00. The van der Waals surface area contributed by atoms with E-state index in [0.717, 1.165) is 11.1 Å². The number of benzene rings is 2. The molecule has 1 N–H and O–H groups in total. The second-order valence-corrected chi connectivity index (χ2v) is 7.14. The molecule has 0 aliphatic heterocycles. The first-order chi connectivity index (χ1) is 13.3. The molecule has 29 heavy (non-hydrogen) atoms. The summed E-state index contributed by atoms with van der Waals surface area (Å²) in [5.41, 5.74) is 2.78. The number of halogens is 8. The van der Waals surface area contributed by atoms with Gasteiger partial charge < -0.3 is 4.74 Å². The molecule has 0 spiro atoms. The van der Waals surface area contributed by atoms with Gasteiger partial charge in [-0.15, -0.1) is 0 Å². The quantitative estimate of drug-likeness (QED) is 0.158. The minimum atomic E-state index is -6.43. The molecule has 158 valence electrons. The predicted octanol–water partition coefficient (Wildman–Crippen LogP) is 5.89. The van der Waals surface area contributed by atoms with E-state index in [2.05, 4.69) is 5.10 Å². The number of ether oxygens (including phenoxy) is 1. The van der Waals surface area contributed by atoms with Crippen molar-refractivity contribution in [2.24, 2.45) is 5.10 Å². The SMILES string of the molecule is Cc1ccc(COc2ccc(/C=N/NC(F)(F)C(F)(F)C(F)(F)F)cc2I)cc1. The van der Waals surface area contributed by atoms with Gasteiger partial charge in [-0.2, -0.15) is 35.8 Å². The predicted molar refractivity (Wildman–Crippen MR) is 101 cm³/mol. The van der Waals surface area contributed by atoms with E-state index in [1.807, 2.05) is 53.8 Å². The Bertz CT molecular complexity index is 868. The zero-order chi connectivity index (χ0) is 21.9. The van der Waals surface area contributed by atoms with Crippen LogP contribution in [-0.2, 0) is 6.61 Å². The lowest BCUT2D eigenvalue weighted by atomic mass is 10.2. The van der Waals surface area contributed by atoms with Gasteiger partial charge in [0.15, 0.2) is 0 Å². The molecule has 3 nitrogen and oxygen atoms in total. The molecule has 0 bridgehead atoms. The first-order valence-corrected chi connectivity index (χ1v) is 9.02. The molecule has 0 saturated carbocycles. The van der Waals surface area contributed by atoms with Crippen LogP contribution in [0.1, 0.15) is 16.7 Å². The Morgan fingerprint density at radius 2 is 1.62 bits per heavy atom. The maximum atomic E-state index is 13.1. The zero-order valence-corrected chi connectivity index (χ0v) is 16.9. The molecule has 11 heteroatoms. The molecule has 0 aliphatic carbocycles. The lowest BCUT2D eigenvalue weighted by Crippen LogP contribution is -2.58. The van der Waals surface area contributed by atoms with Gasteiger partial charge in [0.25, 0.3) is 0 Å². The molecule has 0 aromatic heterocycles. The van der Waals surface area contributed by atoms with E-state index in [0.29, 0.717) is 21.0 Å². The fraction of sp³-hybridized carbons (Fsp3) is 0.278. The summed E-state index contributed by atoms with van der Waals surface area (Å²) in [6, 6.07) is 6.36. The first kappa shape index (κ1) is 23.2. The highest BCUT2D eigenvalue weighted by Crippen LogP contribution is 2.45. The van der Waals surface area contributed by atoms with Crippen LogP contribution >= 0.6 is 22.6 Å². The molecule has 0 radical (unpaired) electrons. The van der Waals surface area contributed by atoms with Crippen LogP contribution in [0.2, 0.25) is 0 Å². The molecule has 0 aliphatic rings. The van der Waals surface area contributed by atoms with Crippen LogP contribution in [0.15, 0.2) is 47.6 Å². The number of nitrogens with one attached hydrogen (secondary N) is 1. The first-order valence-electron chi connectivity index (χ1n) is 7.94. The highest BCUT2D eigenvalue weighted by molar-refractivity contribution is 14.1. The van der Waals surface area contributed by atoms with Crippen molar-refractivity contribution in [1.82, 2.24) is 5.43 Å². The van der Waals surface area contributed by atoms with Gasteiger partial charge in [0, 0.05) is 0 Å². The number of alkyl halides is 7. The van der Waals surface area contributed by atoms with E-state index in [1.54, 1.807) is 0 Å². The minimum absolute atomic E-state index is 0.190. The average molecular weight is 534 g/mol. The van der Waals surface area contributed by atoms with Crippen LogP contribution in [-0.4, -0.2) is 24.4 Å². The number of hydrogen-bond donors (Lipinski definition) is 1. The van der Waals surface area contributed by atoms with Gasteiger partial charge in [-0.25, -0.2) is 5.43 Å². The lowest BCUT2D eigenvalue weighted by Gasteiger charge is -2.27. The maximum absolute atomic E-state index is 13.1. The standard InChI is InChI=1S/C18H14F7IN2O/c1-11-2-4-12(5-3-11)10-29-15-7-6-13(8-14(15)26)9-27-28-18(24,25)16(19,20)17(21,22)23/h2-9,28H,10H2,1H3/b27-9+. The summed E-state index contributed by atoms with van der Waals surface area (Å²) < 4.78 is 94.1. The van der Waals surface area contributed by atoms with Crippen molar-refractivity contribution in [3.8, 4) is 5.75 Å². The summed E-state index contributed by atoms with van der Waals surface area (Å²) >= 11 is 1.90. The number of hydrogen-bond acceptors (Lipinski definition) is 3. The normalized spacial score (nSPS) is 13.0. The van der Waals surface area contributed by atoms with Gasteiger partial charge in [0.2, 0.25) is 0 Å². The molecule has 2 rings (SSSR count). The van der Waals surface area contributed by atoms with Crippen LogP contribution in [0.3, 0.4) is 0 Å². The molecule has 0 fully saturated rings. The molecule has 0 saturated heterocycles. The third-order valence-electron chi connectivity index (χ3n) is 3.64. The molecular weight excluding hydrogens is 520 g/mol. The highest BCUT2D eigenvalue weighted by atomic mass is 127. The Labute approximate surface area is 175 Å². The van der Waals surface area contributed by atoms with Gasteiger partial charge in [0.05, 0.1) is 9.78 Å². The van der Waals surface area contributed by atoms with Crippen molar-refractivity contribution in [3.05, 3.63) is 62.7 Å². The van der Waals surface area contributed by atoms with E-state index in [4.69, 9.17) is 4.74 Å². The Balaban J connectivity index is 2.02. The summed E-state index contributed by atoms with van der Waals surface area (Å²) in [6.45, 7) is 2.23. The van der Waals surface area contributed by atoms with Gasteiger partial charge in [-0.1, -0.05) is 29.8 Å². The molecule has 0 heterocycles. The Morgan fingerprint density at radius 3 is 2.17 bits per heavy atom. The molecule has 2 aromatic rings. The minimum Gasteiger partial charge on any atom is -0.488 e. The van der Waals surface area contributed by atoms with Crippen LogP contribution < -0.4 is 10.2 Å². The Kier molecular flexibility index (Phi) is 7.01. The second-order valence-electron chi connectivity index (χ2n) is 5.98. The van der Waals surface area contributed by atoms with Gasteiger partial charge in [-0.3, -0.25) is 0 Å². The maximum Gasteiger partial charge on any atom is 0.462 e. The monoisotopic (exact) mass is 534 g/mol. The van der Waals surface area contributed by atoms with Crippen LogP contribution in [0.4, 0.5) is 30.7 Å². The summed E-state index contributed by atoms with van der Waals surface area (Å²) in [5, 5.41) is 2.82. The van der Waals surface area contributed by atoms with Crippen LogP contribution in [0.5, 0.6) is 5.75 Å². The molecule has 0 atom stereocenters. The summed E-state index contributed by atoms with van der Waals surface area (Å²) in [5.74, 6) is -5.80. The third-order valence-corrected chi connectivity index (χ3v) is 4.48. The van der Waals surface area contributed by atoms with Crippen molar-refractivity contribution in [2.75, 3.05) is 0 Å². The van der Waals surface area contributed by atoms with Crippen molar-refractivity contribution in [3.63, 3.8) is 0 Å². The van der Waals surface area contributed by atoms with Crippen molar-refractivity contribution in [1.29, 1.82) is 0 Å². The topological polar surface area (TPSA) is 33.6 Å². The van der Waals surface area contributed by atoms with Gasteiger partial charge >= 0.3 is 18.1 Å². The van der Waals surface area contributed by atoms with Crippen molar-refractivity contribution in [2.45, 2.75) is 31.7 Å². The summed E-state index contributed by atoms with van der Waals surface area (Å²) in [4.78, 5) is 0. The Morgan fingerprint density at radius 1 is 1.00 bits per heavy atom.